The summed E-state index contributed by atoms with van der Waals surface area (Å²) in [6, 6.07) is 26.9. The minimum Gasteiger partial charge on any atom is -0.481 e. The van der Waals surface area contributed by atoms with E-state index in [9.17, 15) is 24.3 Å². The van der Waals surface area contributed by atoms with Gasteiger partial charge in [0.15, 0.2) is 0 Å². The van der Waals surface area contributed by atoms with Crippen molar-refractivity contribution in [1.29, 1.82) is 0 Å². The number of aryl methyl sites for hydroxylation is 1. The van der Waals surface area contributed by atoms with Crippen LogP contribution in [0, 0.1) is 5.92 Å². The van der Waals surface area contributed by atoms with E-state index < -0.39 is 41.1 Å². The number of aliphatic carboxylic acids is 1. The molecule has 0 spiro atoms. The molecule has 3 N–H and O–H groups in total. The molecule has 0 saturated carbocycles. The number of halogens is 2. The molecule has 2 unspecified atom stereocenters. The Balaban J connectivity index is 0.888. The third-order valence-corrected chi connectivity index (χ3v) is 15.6. The van der Waals surface area contributed by atoms with E-state index >= 15 is 0 Å². The fourth-order valence-electron chi connectivity index (χ4n) is 11.3. The summed E-state index contributed by atoms with van der Waals surface area (Å²) in [7, 11) is 2.05. The van der Waals surface area contributed by atoms with Crippen molar-refractivity contribution in [2.24, 2.45) is 13.0 Å². The molecule has 9 rings (SSSR count). The second-order valence-corrected chi connectivity index (χ2v) is 21.4. The van der Waals surface area contributed by atoms with E-state index in [0.29, 0.717) is 53.8 Å². The summed E-state index contributed by atoms with van der Waals surface area (Å²) in [4.78, 5) is 66.9. The number of likely N-dealkylation sites (tertiary alicyclic amines) is 2. The Morgan fingerprint density at radius 3 is 2.40 bits per heavy atom. The lowest BCUT2D eigenvalue weighted by Gasteiger charge is -2.46. The molecule has 72 heavy (non-hydrogen) atoms. The number of hydrogen-bond acceptors (Lipinski definition) is 9. The van der Waals surface area contributed by atoms with Gasteiger partial charge in [0.1, 0.15) is 29.1 Å². The van der Waals surface area contributed by atoms with Crippen molar-refractivity contribution in [2.75, 3.05) is 32.8 Å². The van der Waals surface area contributed by atoms with Gasteiger partial charge in [0.25, 0.3) is 0 Å². The fraction of sp³-hybridized carbons (Fsp3) is 0.446. The standard InChI is InChI=1S/C56H65Cl2N7O7/c1-36(59-31-40-14-20-42(58)28-49(40)72-43-21-15-39(16-22-43)47-32-60-50(62(47)4)33-63-25-7-8-26-63)53(69)65-48(34-71-55(65,2)3)52(68)61-56(30-37-12-18-41(57)19-13-37)24-9-27-64(35-56)54(70)46(29-51(66)67)45-23-17-38-10-5-6-11-44(38)45/h5-6,10-16,18-22,28,32,36,45-46,48,59H,7-9,17,23-27,29-31,33-35H2,1-4H3,(H,61,68)(H,66,67)/t36?,45-,46?,48-,56+/m0/s1. The van der Waals surface area contributed by atoms with Gasteiger partial charge in [-0.2, -0.15) is 0 Å². The molecule has 4 aromatic carbocycles. The molecular formula is C56H65Cl2N7O7. The quantitative estimate of drug-likeness (QED) is 0.0823. The Hall–Kier alpha value is -5.77. The van der Waals surface area contributed by atoms with Crippen LogP contribution in [0.5, 0.6) is 11.5 Å². The highest BCUT2D eigenvalue weighted by Gasteiger charge is 2.50. The number of nitrogens with zero attached hydrogens (tertiary/aromatic N) is 5. The lowest BCUT2D eigenvalue weighted by atomic mass is 9.80. The van der Waals surface area contributed by atoms with E-state index in [1.807, 2.05) is 72.9 Å². The molecule has 5 atom stereocenters. The summed E-state index contributed by atoms with van der Waals surface area (Å²) in [5.41, 5.74) is 3.81. The SMILES string of the molecule is CC(NCc1ccc(Cl)cc1Oc1ccc(-c2cnc(CN3CCCC3)n2C)cc1)C(=O)N1[C@H](C(=O)N[C@@]2(Cc3ccc(Cl)cc3)CCCN(C(=O)C(CC(=O)O)[C@H]3CCc4ccccc43)C2)COC1(C)C. The van der Waals surface area contributed by atoms with Crippen LogP contribution in [0.2, 0.25) is 10.0 Å². The number of carboxylic acid groups (broad SMARTS) is 1. The van der Waals surface area contributed by atoms with Crippen LogP contribution in [0.15, 0.2) is 97.2 Å². The van der Waals surface area contributed by atoms with Gasteiger partial charge in [-0.3, -0.25) is 29.0 Å². The molecule has 5 aromatic rings. The van der Waals surface area contributed by atoms with Crippen LogP contribution >= 0.6 is 23.2 Å². The molecule has 4 heterocycles. The van der Waals surface area contributed by atoms with Gasteiger partial charge >= 0.3 is 5.97 Å². The first-order valence-electron chi connectivity index (χ1n) is 25.2. The van der Waals surface area contributed by atoms with Crippen molar-refractivity contribution in [2.45, 2.75) is 114 Å². The van der Waals surface area contributed by atoms with Gasteiger partial charge in [-0.1, -0.05) is 65.7 Å². The fourth-order valence-corrected chi connectivity index (χ4v) is 11.6. The monoisotopic (exact) mass is 1020 g/mol. The molecule has 0 radical (unpaired) electrons. The third-order valence-electron chi connectivity index (χ3n) is 15.2. The largest absolute Gasteiger partial charge is 0.481 e. The van der Waals surface area contributed by atoms with Crippen LogP contribution in [0.25, 0.3) is 11.3 Å². The number of amides is 3. The van der Waals surface area contributed by atoms with Gasteiger partial charge in [-0.25, -0.2) is 4.98 Å². The number of fused-ring (bicyclic) bond motifs is 1. The number of ether oxygens (including phenoxy) is 2. The topological polar surface area (TPSA) is 159 Å². The second kappa shape index (κ2) is 21.8. The van der Waals surface area contributed by atoms with E-state index in [0.717, 1.165) is 65.4 Å². The first-order valence-corrected chi connectivity index (χ1v) is 26.0. The lowest BCUT2D eigenvalue weighted by Crippen LogP contribution is -2.65. The van der Waals surface area contributed by atoms with Gasteiger partial charge < -0.3 is 34.7 Å². The highest BCUT2D eigenvalue weighted by atomic mass is 35.5. The van der Waals surface area contributed by atoms with Crippen LogP contribution in [-0.2, 0) is 56.9 Å². The maximum Gasteiger partial charge on any atom is 0.304 e. The normalized spacial score (nSPS) is 21.6. The Morgan fingerprint density at radius 2 is 1.65 bits per heavy atom. The number of aromatic nitrogens is 2. The van der Waals surface area contributed by atoms with Crippen LogP contribution in [0.3, 0.4) is 0 Å². The van der Waals surface area contributed by atoms with E-state index in [2.05, 4.69) is 27.1 Å². The van der Waals surface area contributed by atoms with Gasteiger partial charge in [0.2, 0.25) is 17.7 Å². The summed E-state index contributed by atoms with van der Waals surface area (Å²) in [6.45, 7) is 9.16. The molecule has 3 fully saturated rings. The van der Waals surface area contributed by atoms with Crippen LogP contribution in [0.4, 0.5) is 0 Å². The van der Waals surface area contributed by atoms with E-state index in [4.69, 9.17) is 37.7 Å². The van der Waals surface area contributed by atoms with Gasteiger partial charge in [-0.15, -0.1) is 0 Å². The predicted octanol–water partition coefficient (Wildman–Crippen LogP) is 8.76. The first kappa shape index (κ1) is 51.1. The van der Waals surface area contributed by atoms with E-state index in [1.54, 1.807) is 49.9 Å². The van der Waals surface area contributed by atoms with Crippen molar-refractivity contribution in [1.82, 2.24) is 34.9 Å². The summed E-state index contributed by atoms with van der Waals surface area (Å²) in [5, 5.41) is 17.9. The molecule has 16 heteroatoms. The molecule has 4 aliphatic rings. The molecule has 3 aliphatic heterocycles. The zero-order valence-electron chi connectivity index (χ0n) is 41.5. The number of carboxylic acids is 1. The summed E-state index contributed by atoms with van der Waals surface area (Å²) in [6.07, 6.45) is 7.04. The number of piperidine rings is 1. The minimum atomic E-state index is -1.12. The number of rotatable bonds is 17. The van der Waals surface area contributed by atoms with E-state index in [-0.39, 0.29) is 43.8 Å². The second-order valence-electron chi connectivity index (χ2n) is 20.5. The van der Waals surface area contributed by atoms with Crippen LogP contribution < -0.4 is 15.4 Å². The van der Waals surface area contributed by atoms with Crippen molar-refractivity contribution in [3.05, 3.63) is 135 Å². The molecule has 1 aromatic heterocycles. The summed E-state index contributed by atoms with van der Waals surface area (Å²) >= 11 is 12.8. The summed E-state index contributed by atoms with van der Waals surface area (Å²) < 4.78 is 14.8. The smallest absolute Gasteiger partial charge is 0.304 e. The Kier molecular flexibility index (Phi) is 15.5. The number of hydrogen-bond donors (Lipinski definition) is 3. The van der Waals surface area contributed by atoms with Gasteiger partial charge in [-0.05, 0) is 150 Å². The van der Waals surface area contributed by atoms with Gasteiger partial charge in [0.05, 0.1) is 49.0 Å². The molecule has 1 aliphatic carbocycles. The van der Waals surface area contributed by atoms with E-state index in [1.165, 1.54) is 17.7 Å². The Morgan fingerprint density at radius 1 is 0.917 bits per heavy atom. The number of carbonyl (C=O) groups is 4. The highest BCUT2D eigenvalue weighted by Crippen LogP contribution is 2.42. The molecule has 3 saturated heterocycles. The van der Waals surface area contributed by atoms with Crippen LogP contribution in [-0.4, -0.2) is 109 Å². The zero-order valence-corrected chi connectivity index (χ0v) is 43.1. The number of nitrogens with one attached hydrogen (secondary N) is 2. The number of carbonyl (C=O) groups excluding carboxylic acids is 3. The molecule has 0 bridgehead atoms. The van der Waals surface area contributed by atoms with Crippen LogP contribution in [0.1, 0.15) is 93.3 Å². The Bertz CT molecular complexity index is 2780. The summed E-state index contributed by atoms with van der Waals surface area (Å²) in [5.74, 6) is -0.799. The van der Waals surface area contributed by atoms with Gasteiger partial charge in [0, 0.05) is 47.9 Å². The Labute approximate surface area is 432 Å². The average molecular weight is 1020 g/mol. The molecule has 3 amide bonds. The van der Waals surface area contributed by atoms with Crippen molar-refractivity contribution in [3.63, 3.8) is 0 Å². The van der Waals surface area contributed by atoms with Crippen molar-refractivity contribution >= 4 is 46.9 Å². The zero-order chi connectivity index (χ0) is 50.7. The molecule has 380 valence electrons. The first-order chi connectivity index (χ1) is 34.6. The highest BCUT2D eigenvalue weighted by molar-refractivity contribution is 6.31. The predicted molar refractivity (Wildman–Crippen MR) is 277 cm³/mol. The van der Waals surface area contributed by atoms with Crippen molar-refractivity contribution < 1.29 is 33.8 Å². The van der Waals surface area contributed by atoms with Crippen molar-refractivity contribution in [3.8, 4) is 22.8 Å². The third kappa shape index (κ3) is 11.4. The maximum atomic E-state index is 14.9. The molecular weight excluding hydrogens is 954 g/mol. The average Bonchev–Trinajstić information content (AvgIpc) is 4.18. The lowest BCUT2D eigenvalue weighted by molar-refractivity contribution is -0.152. The number of imidazole rings is 1. The molecule has 14 nitrogen and oxygen atoms in total. The minimum absolute atomic E-state index is 0.0347. The number of benzene rings is 4. The maximum absolute atomic E-state index is 14.9.